The fourth-order valence-electron chi connectivity index (χ4n) is 2.62. The van der Waals surface area contributed by atoms with E-state index in [1.54, 1.807) is 6.07 Å². The van der Waals surface area contributed by atoms with Crippen LogP contribution >= 0.6 is 23.2 Å². The summed E-state index contributed by atoms with van der Waals surface area (Å²) in [6.07, 6.45) is 0. The molecule has 0 fully saturated rings. The van der Waals surface area contributed by atoms with Crippen LogP contribution in [0, 0.1) is 0 Å². The first-order valence-electron chi connectivity index (χ1n) is 8.77. The zero-order valence-electron chi connectivity index (χ0n) is 15.0. The summed E-state index contributed by atoms with van der Waals surface area (Å²) in [6.45, 7) is 3.64. The van der Waals surface area contributed by atoms with E-state index in [9.17, 15) is 0 Å². The average molecular weight is 402 g/mol. The Labute approximate surface area is 169 Å². The Balaban J connectivity index is 1.68. The number of hydrogen-bond acceptors (Lipinski definition) is 3. The van der Waals surface area contributed by atoms with Crippen LogP contribution in [0.4, 0.5) is 5.69 Å². The first kappa shape index (κ1) is 19.4. The molecule has 3 aromatic rings. The predicted molar refractivity (Wildman–Crippen MR) is 112 cm³/mol. The molecule has 1 N–H and O–H groups in total. The van der Waals surface area contributed by atoms with Crippen molar-refractivity contribution in [1.82, 2.24) is 0 Å². The number of anilines is 1. The fraction of sp³-hybridized carbons (Fsp3) is 0.182. The molecule has 0 amide bonds. The van der Waals surface area contributed by atoms with Gasteiger partial charge < -0.3 is 14.8 Å². The SMILES string of the molecule is CCOc1cc(CNc2ccc(Cl)cc2Cl)ccc1OCc1ccccc1. The molecular weight excluding hydrogens is 381 g/mol. The lowest BCUT2D eigenvalue weighted by Crippen LogP contribution is -2.03. The topological polar surface area (TPSA) is 30.5 Å². The van der Waals surface area contributed by atoms with Crippen LogP contribution in [0.2, 0.25) is 10.0 Å². The second kappa shape index (κ2) is 9.54. The van der Waals surface area contributed by atoms with Crippen LogP contribution < -0.4 is 14.8 Å². The van der Waals surface area contributed by atoms with Crippen LogP contribution in [-0.4, -0.2) is 6.61 Å². The highest BCUT2D eigenvalue weighted by Crippen LogP contribution is 2.30. The van der Waals surface area contributed by atoms with E-state index >= 15 is 0 Å². The van der Waals surface area contributed by atoms with Crippen LogP contribution in [-0.2, 0) is 13.2 Å². The summed E-state index contributed by atoms with van der Waals surface area (Å²) in [5.41, 5.74) is 3.02. The van der Waals surface area contributed by atoms with Crippen molar-refractivity contribution >= 4 is 28.9 Å². The number of halogens is 2. The quantitative estimate of drug-likeness (QED) is 0.462. The second-order valence-corrected chi connectivity index (χ2v) is 6.81. The van der Waals surface area contributed by atoms with Crippen molar-refractivity contribution in [1.29, 1.82) is 0 Å². The van der Waals surface area contributed by atoms with Gasteiger partial charge in [-0.15, -0.1) is 0 Å². The van der Waals surface area contributed by atoms with Gasteiger partial charge in [0.2, 0.25) is 0 Å². The van der Waals surface area contributed by atoms with Crippen molar-refractivity contribution in [2.24, 2.45) is 0 Å². The van der Waals surface area contributed by atoms with E-state index in [0.717, 1.165) is 28.3 Å². The van der Waals surface area contributed by atoms with Crippen molar-refractivity contribution < 1.29 is 9.47 Å². The van der Waals surface area contributed by atoms with Crippen LogP contribution in [0.1, 0.15) is 18.1 Å². The van der Waals surface area contributed by atoms with Gasteiger partial charge in [0, 0.05) is 11.6 Å². The molecule has 0 aliphatic rings. The Morgan fingerprint density at radius 3 is 2.37 bits per heavy atom. The minimum Gasteiger partial charge on any atom is -0.490 e. The van der Waals surface area contributed by atoms with E-state index in [2.05, 4.69) is 5.32 Å². The van der Waals surface area contributed by atoms with Gasteiger partial charge in [0.25, 0.3) is 0 Å². The number of ether oxygens (including phenoxy) is 2. The molecule has 0 heterocycles. The van der Waals surface area contributed by atoms with E-state index in [1.165, 1.54) is 0 Å². The van der Waals surface area contributed by atoms with Gasteiger partial charge in [-0.3, -0.25) is 0 Å². The van der Waals surface area contributed by atoms with Crippen LogP contribution in [0.3, 0.4) is 0 Å². The molecule has 0 spiro atoms. The smallest absolute Gasteiger partial charge is 0.161 e. The lowest BCUT2D eigenvalue weighted by molar-refractivity contribution is 0.269. The number of hydrogen-bond donors (Lipinski definition) is 1. The van der Waals surface area contributed by atoms with Gasteiger partial charge in [-0.05, 0) is 48.4 Å². The molecule has 27 heavy (non-hydrogen) atoms. The van der Waals surface area contributed by atoms with Crippen molar-refractivity contribution in [2.75, 3.05) is 11.9 Å². The Hall–Kier alpha value is -2.36. The molecule has 0 saturated carbocycles. The summed E-state index contributed by atoms with van der Waals surface area (Å²) in [6, 6.07) is 21.4. The Kier molecular flexibility index (Phi) is 6.86. The fourth-order valence-corrected chi connectivity index (χ4v) is 3.09. The lowest BCUT2D eigenvalue weighted by Gasteiger charge is -2.14. The second-order valence-electron chi connectivity index (χ2n) is 5.97. The molecule has 140 valence electrons. The van der Waals surface area contributed by atoms with E-state index in [4.69, 9.17) is 32.7 Å². The predicted octanol–water partition coefficient (Wildman–Crippen LogP) is 6.58. The summed E-state index contributed by atoms with van der Waals surface area (Å²) < 4.78 is 11.7. The van der Waals surface area contributed by atoms with Gasteiger partial charge >= 0.3 is 0 Å². The molecule has 0 aliphatic carbocycles. The third-order valence-corrected chi connectivity index (χ3v) is 4.51. The monoisotopic (exact) mass is 401 g/mol. The first-order valence-corrected chi connectivity index (χ1v) is 9.52. The van der Waals surface area contributed by atoms with Gasteiger partial charge in [-0.1, -0.05) is 59.6 Å². The lowest BCUT2D eigenvalue weighted by atomic mass is 10.2. The van der Waals surface area contributed by atoms with Crippen molar-refractivity contribution in [3.63, 3.8) is 0 Å². The Morgan fingerprint density at radius 2 is 1.63 bits per heavy atom. The molecule has 0 radical (unpaired) electrons. The molecule has 0 aliphatic heterocycles. The highest BCUT2D eigenvalue weighted by atomic mass is 35.5. The van der Waals surface area contributed by atoms with E-state index in [-0.39, 0.29) is 0 Å². The van der Waals surface area contributed by atoms with Gasteiger partial charge in [0.1, 0.15) is 6.61 Å². The normalized spacial score (nSPS) is 10.5. The standard InChI is InChI=1S/C22H21Cl2NO2/c1-2-26-22-12-17(14-25-20-10-9-18(23)13-19(20)24)8-11-21(22)27-15-16-6-4-3-5-7-16/h3-13,25H,2,14-15H2,1H3. The molecule has 0 unspecified atom stereocenters. The summed E-state index contributed by atoms with van der Waals surface area (Å²) >= 11 is 12.1. The van der Waals surface area contributed by atoms with Crippen molar-refractivity contribution in [3.05, 3.63) is 87.9 Å². The van der Waals surface area contributed by atoms with Crippen LogP contribution in [0.5, 0.6) is 11.5 Å². The molecule has 3 aromatic carbocycles. The minimum absolute atomic E-state index is 0.499. The Bertz CT molecular complexity index is 885. The number of nitrogens with one attached hydrogen (secondary N) is 1. The maximum Gasteiger partial charge on any atom is 0.161 e. The maximum atomic E-state index is 6.21. The molecule has 3 nitrogen and oxygen atoms in total. The number of benzene rings is 3. The molecule has 3 rings (SSSR count). The summed E-state index contributed by atoms with van der Waals surface area (Å²) in [4.78, 5) is 0. The zero-order chi connectivity index (χ0) is 19.1. The Morgan fingerprint density at radius 1 is 0.815 bits per heavy atom. The van der Waals surface area contributed by atoms with E-state index < -0.39 is 0 Å². The van der Waals surface area contributed by atoms with Crippen LogP contribution in [0.15, 0.2) is 66.7 Å². The van der Waals surface area contributed by atoms with Crippen molar-refractivity contribution in [2.45, 2.75) is 20.1 Å². The highest BCUT2D eigenvalue weighted by Gasteiger charge is 2.08. The largest absolute Gasteiger partial charge is 0.490 e. The highest BCUT2D eigenvalue weighted by molar-refractivity contribution is 6.36. The molecular formula is C22H21Cl2NO2. The number of rotatable bonds is 8. The van der Waals surface area contributed by atoms with Gasteiger partial charge in [0.05, 0.1) is 17.3 Å². The molecule has 0 atom stereocenters. The molecule has 5 heteroatoms. The third kappa shape index (κ3) is 5.56. The van der Waals surface area contributed by atoms with Gasteiger partial charge in [-0.25, -0.2) is 0 Å². The first-order chi connectivity index (χ1) is 13.2. The van der Waals surface area contributed by atoms with Crippen molar-refractivity contribution in [3.8, 4) is 11.5 Å². The molecule has 0 bridgehead atoms. The zero-order valence-corrected chi connectivity index (χ0v) is 16.6. The summed E-state index contributed by atoms with van der Waals surface area (Å²) in [7, 11) is 0. The molecule has 0 aromatic heterocycles. The van der Waals surface area contributed by atoms with Gasteiger partial charge in [-0.2, -0.15) is 0 Å². The maximum absolute atomic E-state index is 6.21. The van der Waals surface area contributed by atoms with Crippen LogP contribution in [0.25, 0.3) is 0 Å². The third-order valence-electron chi connectivity index (χ3n) is 3.96. The average Bonchev–Trinajstić information content (AvgIpc) is 2.68. The van der Waals surface area contributed by atoms with E-state index in [0.29, 0.717) is 29.8 Å². The summed E-state index contributed by atoms with van der Waals surface area (Å²) in [5, 5.41) is 4.52. The van der Waals surface area contributed by atoms with Gasteiger partial charge in [0.15, 0.2) is 11.5 Å². The minimum atomic E-state index is 0.499. The van der Waals surface area contributed by atoms with E-state index in [1.807, 2.05) is 67.6 Å². The summed E-state index contributed by atoms with van der Waals surface area (Å²) in [5.74, 6) is 1.46. The molecule has 0 saturated heterocycles.